The van der Waals surface area contributed by atoms with Gasteiger partial charge < -0.3 is 26.8 Å². The Bertz CT molecular complexity index is 868. The first-order chi connectivity index (χ1) is 15.5. The number of alkyl halides is 3. The predicted molar refractivity (Wildman–Crippen MR) is 113 cm³/mol. The van der Waals surface area contributed by atoms with Crippen LogP contribution in [0.5, 0.6) is 0 Å². The highest BCUT2D eigenvalue weighted by Gasteiger charge is 2.33. The second-order valence-electron chi connectivity index (χ2n) is 7.49. The van der Waals surface area contributed by atoms with Crippen LogP contribution in [0, 0.1) is 17.7 Å². The zero-order valence-electron chi connectivity index (χ0n) is 17.7. The minimum absolute atomic E-state index is 0.0818. The highest BCUT2D eigenvalue weighted by Crippen LogP contribution is 2.24. The summed E-state index contributed by atoms with van der Waals surface area (Å²) in [6, 6.07) is 4.71. The molecule has 9 nitrogen and oxygen atoms in total. The van der Waals surface area contributed by atoms with Crippen LogP contribution in [0.1, 0.15) is 12.8 Å². The highest BCUT2D eigenvalue weighted by atomic mass is 19.4. The summed E-state index contributed by atoms with van der Waals surface area (Å²) in [5, 5.41) is 0. The van der Waals surface area contributed by atoms with E-state index in [1.54, 1.807) is 0 Å². The fraction of sp³-hybridized carbons (Fsp3) is 0.500. The number of carbonyl (C=O) groups excluding carboxylic acids is 2. The molecule has 1 aromatic rings. The van der Waals surface area contributed by atoms with Crippen molar-refractivity contribution in [2.75, 3.05) is 26.2 Å². The van der Waals surface area contributed by atoms with Crippen molar-refractivity contribution in [2.24, 2.45) is 39.0 Å². The van der Waals surface area contributed by atoms with E-state index in [-0.39, 0.29) is 31.4 Å². The van der Waals surface area contributed by atoms with Crippen molar-refractivity contribution in [1.82, 2.24) is 4.90 Å². The van der Waals surface area contributed by atoms with Crippen LogP contribution in [0.15, 0.2) is 34.3 Å². The third-order valence-electron chi connectivity index (χ3n) is 5.08. The van der Waals surface area contributed by atoms with E-state index in [9.17, 15) is 27.2 Å². The SMILES string of the molecule is NCC(N=CC(C(N)=O)C(N)=Nc1ccc(F)cc1)C1CCN(C(=O)OCC(F)(F)F)CC1. The number of benzene rings is 1. The average molecular weight is 474 g/mol. The summed E-state index contributed by atoms with van der Waals surface area (Å²) in [5.41, 5.74) is 17.5. The Morgan fingerprint density at radius 3 is 2.30 bits per heavy atom. The zero-order valence-corrected chi connectivity index (χ0v) is 17.7. The molecule has 13 heteroatoms. The molecule has 1 aromatic carbocycles. The number of piperidine rings is 1. The molecule has 1 heterocycles. The molecular weight excluding hydrogens is 448 g/mol. The number of nitrogens with two attached hydrogens (primary N) is 3. The van der Waals surface area contributed by atoms with E-state index >= 15 is 0 Å². The summed E-state index contributed by atoms with van der Waals surface area (Å²) in [4.78, 5) is 33.2. The molecule has 1 saturated heterocycles. The van der Waals surface area contributed by atoms with Crippen LogP contribution >= 0.6 is 0 Å². The number of likely N-dealkylation sites (tertiary alicyclic amines) is 1. The number of aliphatic imine (C=N–C) groups is 2. The van der Waals surface area contributed by atoms with Gasteiger partial charge in [0.15, 0.2) is 6.61 Å². The standard InChI is InChI=1S/C20H26F4N6O3/c21-13-1-3-14(4-2-13)29-17(26)15(18(27)31)10-28-16(9-25)12-5-7-30(8-6-12)19(32)33-11-20(22,23)24/h1-4,10,12,15-16H,5-9,11,25H2,(H2,26,29)(H2,27,31). The maximum absolute atomic E-state index is 13.0. The van der Waals surface area contributed by atoms with Crippen molar-refractivity contribution in [3.8, 4) is 0 Å². The van der Waals surface area contributed by atoms with E-state index in [0.717, 1.165) is 0 Å². The number of hydrogen-bond acceptors (Lipinski definition) is 6. The Labute approximate surface area is 187 Å². The Kier molecular flexibility index (Phi) is 9.14. The number of hydrogen-bond donors (Lipinski definition) is 3. The number of nitrogens with zero attached hydrogens (tertiary/aromatic N) is 3. The lowest BCUT2D eigenvalue weighted by Crippen LogP contribution is -2.43. The summed E-state index contributed by atoms with van der Waals surface area (Å²) >= 11 is 0. The quantitative estimate of drug-likeness (QED) is 0.298. The summed E-state index contributed by atoms with van der Waals surface area (Å²) in [6.07, 6.45) is -3.50. The smallest absolute Gasteiger partial charge is 0.422 e. The van der Waals surface area contributed by atoms with Crippen molar-refractivity contribution >= 4 is 29.7 Å². The lowest BCUT2D eigenvalue weighted by Gasteiger charge is -2.33. The molecule has 2 atom stereocenters. The molecule has 1 fully saturated rings. The van der Waals surface area contributed by atoms with Crippen LogP contribution in [0.4, 0.5) is 28.0 Å². The molecule has 1 aliphatic rings. The first-order valence-corrected chi connectivity index (χ1v) is 10.1. The molecule has 2 amide bonds. The number of amides is 2. The third kappa shape index (κ3) is 8.33. The normalized spacial score (nSPS) is 17.7. The Morgan fingerprint density at radius 2 is 1.79 bits per heavy atom. The number of ether oxygens (including phenoxy) is 1. The minimum Gasteiger partial charge on any atom is -0.440 e. The van der Waals surface area contributed by atoms with Crippen LogP contribution in [0.2, 0.25) is 0 Å². The molecule has 0 bridgehead atoms. The lowest BCUT2D eigenvalue weighted by atomic mass is 9.89. The highest BCUT2D eigenvalue weighted by molar-refractivity contribution is 6.14. The van der Waals surface area contributed by atoms with E-state index in [1.165, 1.54) is 35.4 Å². The van der Waals surface area contributed by atoms with E-state index in [2.05, 4.69) is 14.7 Å². The number of carbonyl (C=O) groups is 2. The van der Waals surface area contributed by atoms with Gasteiger partial charge in [-0.2, -0.15) is 13.2 Å². The van der Waals surface area contributed by atoms with E-state index < -0.39 is 42.6 Å². The molecule has 2 unspecified atom stereocenters. The van der Waals surface area contributed by atoms with Crippen LogP contribution in [-0.4, -0.2) is 67.4 Å². The number of halogens is 4. The maximum atomic E-state index is 13.0. The molecular formula is C20H26F4N6O3. The summed E-state index contributed by atoms with van der Waals surface area (Å²) in [5.74, 6) is -2.58. The number of amidine groups is 1. The fourth-order valence-electron chi connectivity index (χ4n) is 3.30. The monoisotopic (exact) mass is 474 g/mol. The van der Waals surface area contributed by atoms with Gasteiger partial charge in [-0.25, -0.2) is 14.2 Å². The van der Waals surface area contributed by atoms with Crippen molar-refractivity contribution in [3.05, 3.63) is 30.1 Å². The molecule has 2 rings (SSSR count). The van der Waals surface area contributed by atoms with E-state index in [4.69, 9.17) is 17.2 Å². The molecule has 33 heavy (non-hydrogen) atoms. The Balaban J connectivity index is 1.99. The van der Waals surface area contributed by atoms with Gasteiger partial charge in [-0.1, -0.05) is 0 Å². The van der Waals surface area contributed by atoms with Gasteiger partial charge in [-0.15, -0.1) is 0 Å². The fourth-order valence-corrected chi connectivity index (χ4v) is 3.30. The molecule has 0 aliphatic carbocycles. The average Bonchev–Trinajstić information content (AvgIpc) is 2.76. The second kappa shape index (κ2) is 11.6. The van der Waals surface area contributed by atoms with Crippen LogP contribution in [0.25, 0.3) is 0 Å². The Hall–Kier alpha value is -3.22. The van der Waals surface area contributed by atoms with Gasteiger partial charge in [0.25, 0.3) is 0 Å². The van der Waals surface area contributed by atoms with Crippen LogP contribution < -0.4 is 17.2 Å². The van der Waals surface area contributed by atoms with Crippen molar-refractivity contribution in [1.29, 1.82) is 0 Å². The zero-order chi connectivity index (χ0) is 24.6. The summed E-state index contributed by atoms with van der Waals surface area (Å²) < 4.78 is 53.9. The molecule has 0 spiro atoms. The second-order valence-corrected chi connectivity index (χ2v) is 7.49. The van der Waals surface area contributed by atoms with Crippen molar-refractivity contribution < 1.29 is 31.9 Å². The van der Waals surface area contributed by atoms with Gasteiger partial charge in [0.05, 0.1) is 11.7 Å². The van der Waals surface area contributed by atoms with Crippen molar-refractivity contribution in [3.63, 3.8) is 0 Å². The predicted octanol–water partition coefficient (Wildman–Crippen LogP) is 1.72. The molecule has 0 radical (unpaired) electrons. The van der Waals surface area contributed by atoms with Gasteiger partial charge in [0.2, 0.25) is 5.91 Å². The molecule has 6 N–H and O–H groups in total. The van der Waals surface area contributed by atoms with Crippen molar-refractivity contribution in [2.45, 2.75) is 25.1 Å². The minimum atomic E-state index is -4.59. The summed E-state index contributed by atoms with van der Waals surface area (Å²) in [7, 11) is 0. The van der Waals surface area contributed by atoms with Gasteiger partial charge in [0, 0.05) is 25.8 Å². The lowest BCUT2D eigenvalue weighted by molar-refractivity contribution is -0.162. The molecule has 1 aliphatic heterocycles. The van der Waals surface area contributed by atoms with Gasteiger partial charge in [0.1, 0.15) is 17.6 Å². The molecule has 182 valence electrons. The van der Waals surface area contributed by atoms with E-state index in [0.29, 0.717) is 18.5 Å². The number of rotatable bonds is 8. The van der Waals surface area contributed by atoms with E-state index in [1.807, 2.05) is 0 Å². The molecule has 0 aromatic heterocycles. The van der Waals surface area contributed by atoms with Gasteiger partial charge >= 0.3 is 12.3 Å². The Morgan fingerprint density at radius 1 is 1.18 bits per heavy atom. The topological polar surface area (TPSA) is 149 Å². The first-order valence-electron chi connectivity index (χ1n) is 10.1. The third-order valence-corrected chi connectivity index (χ3v) is 5.08. The van der Waals surface area contributed by atoms with Crippen LogP contribution in [0.3, 0.4) is 0 Å². The molecule has 0 saturated carbocycles. The van der Waals surface area contributed by atoms with Gasteiger partial charge in [-0.05, 0) is 43.0 Å². The first kappa shape index (κ1) is 26.0. The van der Waals surface area contributed by atoms with Gasteiger partial charge in [-0.3, -0.25) is 9.79 Å². The maximum Gasteiger partial charge on any atom is 0.422 e. The number of primary amides is 1. The summed E-state index contributed by atoms with van der Waals surface area (Å²) in [6.45, 7) is -1.15. The van der Waals surface area contributed by atoms with Crippen LogP contribution in [-0.2, 0) is 9.53 Å². The largest absolute Gasteiger partial charge is 0.440 e.